The van der Waals surface area contributed by atoms with Crippen LogP contribution in [0.2, 0.25) is 5.02 Å². The van der Waals surface area contributed by atoms with Crippen molar-refractivity contribution in [3.05, 3.63) is 28.8 Å². The highest BCUT2D eigenvalue weighted by molar-refractivity contribution is 6.33. The molecule has 1 N–H and O–H groups in total. The fraction of sp³-hybridized carbons (Fsp3) is 0.429. The number of benzene rings is 1. The molecular formula is C14H18ClN3O3. The minimum Gasteiger partial charge on any atom is -0.465 e. The van der Waals surface area contributed by atoms with E-state index < -0.39 is 5.97 Å². The van der Waals surface area contributed by atoms with Gasteiger partial charge in [-0.25, -0.2) is 9.59 Å². The van der Waals surface area contributed by atoms with Gasteiger partial charge in [0.25, 0.3) is 0 Å². The van der Waals surface area contributed by atoms with Crippen LogP contribution in [-0.4, -0.2) is 62.1 Å². The number of nitrogens with one attached hydrogen (secondary N) is 1. The number of anilines is 1. The molecule has 7 heteroatoms. The highest BCUT2D eigenvalue weighted by Gasteiger charge is 2.20. The number of urea groups is 1. The average Bonchev–Trinajstić information content (AvgIpc) is 2.49. The van der Waals surface area contributed by atoms with Crippen molar-refractivity contribution in [2.24, 2.45) is 0 Å². The third-order valence-corrected chi connectivity index (χ3v) is 3.75. The van der Waals surface area contributed by atoms with Crippen molar-refractivity contribution < 1.29 is 14.3 Å². The van der Waals surface area contributed by atoms with E-state index in [4.69, 9.17) is 11.6 Å². The maximum Gasteiger partial charge on any atom is 0.337 e. The van der Waals surface area contributed by atoms with Crippen molar-refractivity contribution in [1.82, 2.24) is 9.80 Å². The Morgan fingerprint density at radius 2 is 1.90 bits per heavy atom. The molecule has 2 amide bonds. The number of piperazine rings is 1. The molecule has 0 spiro atoms. The highest BCUT2D eigenvalue weighted by Crippen LogP contribution is 2.24. The van der Waals surface area contributed by atoms with E-state index in [9.17, 15) is 9.59 Å². The van der Waals surface area contributed by atoms with Crippen molar-refractivity contribution in [3.8, 4) is 0 Å². The molecule has 1 aromatic carbocycles. The van der Waals surface area contributed by atoms with Crippen molar-refractivity contribution in [2.75, 3.05) is 45.7 Å². The Balaban J connectivity index is 2.08. The van der Waals surface area contributed by atoms with Crippen LogP contribution in [0.1, 0.15) is 10.4 Å². The van der Waals surface area contributed by atoms with Crippen LogP contribution in [0.4, 0.5) is 10.5 Å². The summed E-state index contributed by atoms with van der Waals surface area (Å²) < 4.78 is 4.65. The van der Waals surface area contributed by atoms with Crippen LogP contribution in [0.15, 0.2) is 18.2 Å². The third kappa shape index (κ3) is 3.86. The Morgan fingerprint density at radius 3 is 2.52 bits per heavy atom. The van der Waals surface area contributed by atoms with Crippen LogP contribution in [0, 0.1) is 0 Å². The first-order chi connectivity index (χ1) is 10.0. The average molecular weight is 312 g/mol. The van der Waals surface area contributed by atoms with Gasteiger partial charge < -0.3 is 19.9 Å². The Hall–Kier alpha value is -1.79. The molecule has 1 aliphatic heterocycles. The van der Waals surface area contributed by atoms with Crippen LogP contribution in [0.25, 0.3) is 0 Å². The summed E-state index contributed by atoms with van der Waals surface area (Å²) in [6.07, 6.45) is 0. The number of hydrogen-bond acceptors (Lipinski definition) is 4. The van der Waals surface area contributed by atoms with Gasteiger partial charge in [0.2, 0.25) is 0 Å². The topological polar surface area (TPSA) is 61.9 Å². The minimum absolute atomic E-state index is 0.216. The predicted octanol–water partition coefficient (Wildman–Crippen LogP) is 1.91. The second kappa shape index (κ2) is 6.78. The molecule has 0 saturated carbocycles. The number of esters is 1. The lowest BCUT2D eigenvalue weighted by atomic mass is 10.2. The van der Waals surface area contributed by atoms with Gasteiger partial charge >= 0.3 is 12.0 Å². The Labute approximate surface area is 128 Å². The molecule has 21 heavy (non-hydrogen) atoms. The molecule has 0 bridgehead atoms. The molecule has 0 radical (unpaired) electrons. The van der Waals surface area contributed by atoms with Gasteiger partial charge in [-0.3, -0.25) is 0 Å². The summed E-state index contributed by atoms with van der Waals surface area (Å²) in [4.78, 5) is 27.6. The van der Waals surface area contributed by atoms with Crippen LogP contribution < -0.4 is 5.32 Å². The normalized spacial score (nSPS) is 15.7. The molecule has 1 fully saturated rings. The first-order valence-corrected chi connectivity index (χ1v) is 7.01. The standard InChI is InChI=1S/C14H18ClN3O3/c1-17-5-7-18(8-6-17)14(20)16-12-9-10(13(19)21-2)3-4-11(12)15/h3-4,9H,5-8H2,1-2H3,(H,16,20). The second-order valence-corrected chi connectivity index (χ2v) is 5.31. The monoisotopic (exact) mass is 311 g/mol. The molecule has 2 rings (SSSR count). The maximum atomic E-state index is 12.2. The maximum absolute atomic E-state index is 12.2. The number of rotatable bonds is 2. The van der Waals surface area contributed by atoms with Gasteiger partial charge in [-0.1, -0.05) is 11.6 Å². The molecule has 0 unspecified atom stereocenters. The molecule has 0 atom stereocenters. The number of carbonyl (C=O) groups excluding carboxylic acids is 2. The van der Waals surface area contributed by atoms with Crippen LogP contribution in [-0.2, 0) is 4.74 Å². The summed E-state index contributed by atoms with van der Waals surface area (Å²) in [6, 6.07) is 4.42. The van der Waals surface area contributed by atoms with Crippen LogP contribution in [0.3, 0.4) is 0 Å². The number of carbonyl (C=O) groups is 2. The number of methoxy groups -OCH3 is 1. The van der Waals surface area contributed by atoms with Gasteiger partial charge in [0.05, 0.1) is 23.4 Å². The predicted molar refractivity (Wildman–Crippen MR) is 80.9 cm³/mol. The van der Waals surface area contributed by atoms with Gasteiger partial charge in [-0.15, -0.1) is 0 Å². The van der Waals surface area contributed by atoms with Gasteiger partial charge in [-0.2, -0.15) is 0 Å². The van der Waals surface area contributed by atoms with E-state index in [1.807, 2.05) is 7.05 Å². The largest absolute Gasteiger partial charge is 0.465 e. The lowest BCUT2D eigenvalue weighted by molar-refractivity contribution is 0.0600. The lowest BCUT2D eigenvalue weighted by Crippen LogP contribution is -2.48. The molecule has 1 aromatic rings. The smallest absolute Gasteiger partial charge is 0.337 e. The summed E-state index contributed by atoms with van der Waals surface area (Å²) in [5, 5.41) is 3.12. The van der Waals surface area contributed by atoms with Gasteiger partial charge in [0, 0.05) is 26.2 Å². The van der Waals surface area contributed by atoms with Crippen LogP contribution in [0.5, 0.6) is 0 Å². The molecular weight excluding hydrogens is 294 g/mol. The van der Waals surface area contributed by atoms with Gasteiger partial charge in [0.15, 0.2) is 0 Å². The van der Waals surface area contributed by atoms with Crippen molar-refractivity contribution >= 4 is 29.3 Å². The zero-order chi connectivity index (χ0) is 15.4. The number of ether oxygens (including phenoxy) is 1. The van der Waals surface area contributed by atoms with Crippen molar-refractivity contribution in [2.45, 2.75) is 0 Å². The minimum atomic E-state index is -0.471. The van der Waals surface area contributed by atoms with Crippen molar-refractivity contribution in [3.63, 3.8) is 0 Å². The van der Waals surface area contributed by atoms with E-state index in [0.29, 0.717) is 29.4 Å². The summed E-state index contributed by atoms with van der Waals surface area (Å²) in [5.41, 5.74) is 0.749. The molecule has 1 saturated heterocycles. The number of hydrogen-bond donors (Lipinski definition) is 1. The first-order valence-electron chi connectivity index (χ1n) is 6.63. The van der Waals surface area contributed by atoms with E-state index in [1.54, 1.807) is 17.0 Å². The molecule has 0 aliphatic carbocycles. The number of amides is 2. The number of likely N-dealkylation sites (N-methyl/N-ethyl adjacent to an activating group) is 1. The molecule has 0 aromatic heterocycles. The summed E-state index contributed by atoms with van der Waals surface area (Å²) in [6.45, 7) is 3.00. The molecule has 1 aliphatic rings. The lowest BCUT2D eigenvalue weighted by Gasteiger charge is -2.32. The molecule has 6 nitrogen and oxygen atoms in total. The fourth-order valence-electron chi connectivity index (χ4n) is 2.07. The SMILES string of the molecule is COC(=O)c1ccc(Cl)c(NC(=O)N2CCN(C)CC2)c1. The Kier molecular flexibility index (Phi) is 5.03. The molecule has 1 heterocycles. The van der Waals surface area contributed by atoms with Gasteiger partial charge in [0.1, 0.15) is 0 Å². The highest BCUT2D eigenvalue weighted by atomic mass is 35.5. The van der Waals surface area contributed by atoms with E-state index in [-0.39, 0.29) is 6.03 Å². The first kappa shape index (κ1) is 15.6. The zero-order valence-corrected chi connectivity index (χ0v) is 12.8. The van der Waals surface area contributed by atoms with E-state index in [1.165, 1.54) is 13.2 Å². The molecule has 114 valence electrons. The van der Waals surface area contributed by atoms with E-state index in [2.05, 4.69) is 15.0 Å². The van der Waals surface area contributed by atoms with Crippen LogP contribution >= 0.6 is 11.6 Å². The summed E-state index contributed by atoms with van der Waals surface area (Å²) in [5.74, 6) is -0.471. The summed E-state index contributed by atoms with van der Waals surface area (Å²) in [7, 11) is 3.32. The van der Waals surface area contributed by atoms with E-state index >= 15 is 0 Å². The number of nitrogens with zero attached hydrogens (tertiary/aromatic N) is 2. The Bertz CT molecular complexity index is 542. The number of halogens is 1. The Morgan fingerprint density at radius 1 is 1.24 bits per heavy atom. The van der Waals surface area contributed by atoms with Gasteiger partial charge in [-0.05, 0) is 25.2 Å². The third-order valence-electron chi connectivity index (χ3n) is 3.42. The zero-order valence-electron chi connectivity index (χ0n) is 12.1. The fourth-order valence-corrected chi connectivity index (χ4v) is 2.23. The van der Waals surface area contributed by atoms with Crippen molar-refractivity contribution in [1.29, 1.82) is 0 Å². The summed E-state index contributed by atoms with van der Waals surface area (Å²) >= 11 is 6.06. The quantitative estimate of drug-likeness (QED) is 0.848. The van der Waals surface area contributed by atoms with E-state index in [0.717, 1.165) is 13.1 Å². The second-order valence-electron chi connectivity index (χ2n) is 4.91.